The molecule has 1 atom stereocenters. The molecule has 2 N–H and O–H groups in total. The van der Waals surface area contributed by atoms with Crippen molar-refractivity contribution in [3.63, 3.8) is 0 Å². The molecule has 1 unspecified atom stereocenters. The van der Waals surface area contributed by atoms with Gasteiger partial charge in [0.05, 0.1) is 12.6 Å². The summed E-state index contributed by atoms with van der Waals surface area (Å²) in [4.78, 5) is 0. The van der Waals surface area contributed by atoms with Crippen LogP contribution in [-0.4, -0.2) is 13.2 Å². The van der Waals surface area contributed by atoms with Gasteiger partial charge < -0.3 is 10.5 Å². The highest BCUT2D eigenvalue weighted by Gasteiger charge is 2.11. The van der Waals surface area contributed by atoms with Crippen LogP contribution in [0.1, 0.15) is 11.6 Å². The molecule has 0 saturated heterocycles. The number of hydrogen-bond donors (Lipinski definition) is 1. The van der Waals surface area contributed by atoms with Crippen LogP contribution in [0.25, 0.3) is 0 Å². The zero-order valence-electron chi connectivity index (χ0n) is 7.29. The molecule has 0 aliphatic heterocycles. The Kier molecular flexibility index (Phi) is 4.44. The molecule has 0 aliphatic carbocycles. The first kappa shape index (κ1) is 11.6. The van der Waals surface area contributed by atoms with E-state index in [-0.39, 0.29) is 6.61 Å². The second-order valence-electron chi connectivity index (χ2n) is 2.72. The maximum Gasteiger partial charge on any atom is 0.345 e. The summed E-state index contributed by atoms with van der Waals surface area (Å²) in [6, 6.07) is 6.65. The highest BCUT2D eigenvalue weighted by molar-refractivity contribution is 9.10. The molecule has 0 aliphatic rings. The van der Waals surface area contributed by atoms with E-state index in [1.807, 2.05) is 6.07 Å². The number of alkyl halides is 2. The van der Waals surface area contributed by atoms with E-state index < -0.39 is 12.7 Å². The minimum Gasteiger partial charge on any atom is -0.322 e. The maximum atomic E-state index is 11.7. The summed E-state index contributed by atoms with van der Waals surface area (Å²) in [7, 11) is 0. The van der Waals surface area contributed by atoms with Crippen molar-refractivity contribution in [1.29, 1.82) is 0 Å². The lowest BCUT2D eigenvalue weighted by Gasteiger charge is -2.13. The van der Waals surface area contributed by atoms with Crippen LogP contribution in [0.2, 0.25) is 0 Å². The van der Waals surface area contributed by atoms with E-state index in [1.165, 1.54) is 0 Å². The highest BCUT2D eigenvalue weighted by atomic mass is 79.9. The van der Waals surface area contributed by atoms with E-state index in [1.54, 1.807) is 18.2 Å². The van der Waals surface area contributed by atoms with Crippen molar-refractivity contribution in [2.24, 2.45) is 5.73 Å². The molecule has 5 heteroatoms. The zero-order chi connectivity index (χ0) is 10.6. The molecule has 0 fully saturated rings. The van der Waals surface area contributed by atoms with Crippen LogP contribution in [0.4, 0.5) is 8.78 Å². The fraction of sp³-hybridized carbons (Fsp3) is 0.333. The van der Waals surface area contributed by atoms with Crippen LogP contribution in [0.5, 0.6) is 0 Å². The molecule has 1 aromatic rings. The summed E-state index contributed by atoms with van der Waals surface area (Å²) in [5, 5.41) is 0. The predicted octanol–water partition coefficient (Wildman–Crippen LogP) is 2.69. The topological polar surface area (TPSA) is 35.2 Å². The summed E-state index contributed by atoms with van der Waals surface area (Å²) in [5.74, 6) is 0. The lowest BCUT2D eigenvalue weighted by atomic mass is 10.1. The lowest BCUT2D eigenvalue weighted by Crippen LogP contribution is -2.19. The van der Waals surface area contributed by atoms with Crippen molar-refractivity contribution in [3.05, 3.63) is 34.3 Å². The quantitative estimate of drug-likeness (QED) is 0.909. The number of halogens is 3. The van der Waals surface area contributed by atoms with Gasteiger partial charge in [-0.15, -0.1) is 0 Å². The van der Waals surface area contributed by atoms with Crippen LogP contribution < -0.4 is 5.73 Å². The summed E-state index contributed by atoms with van der Waals surface area (Å²) in [5.41, 5.74) is 6.41. The third kappa shape index (κ3) is 3.32. The van der Waals surface area contributed by atoms with E-state index in [0.29, 0.717) is 0 Å². The Hall–Kier alpha value is -0.520. The van der Waals surface area contributed by atoms with Crippen LogP contribution in [0.3, 0.4) is 0 Å². The first-order valence-electron chi connectivity index (χ1n) is 4.01. The van der Waals surface area contributed by atoms with E-state index in [0.717, 1.165) is 10.0 Å². The molecule has 14 heavy (non-hydrogen) atoms. The first-order chi connectivity index (χ1) is 6.61. The molecule has 0 radical (unpaired) electrons. The van der Waals surface area contributed by atoms with Crippen molar-refractivity contribution in [1.82, 2.24) is 0 Å². The second-order valence-corrected chi connectivity index (χ2v) is 3.58. The largest absolute Gasteiger partial charge is 0.345 e. The number of ether oxygens (including phenoxy) is 1. The van der Waals surface area contributed by atoms with E-state index >= 15 is 0 Å². The van der Waals surface area contributed by atoms with Gasteiger partial charge in [-0.1, -0.05) is 34.1 Å². The van der Waals surface area contributed by atoms with Crippen molar-refractivity contribution in [2.75, 3.05) is 6.61 Å². The Morgan fingerprint density at radius 3 is 2.57 bits per heavy atom. The molecular formula is C9H10BrF2NO. The Labute approximate surface area is 89.2 Å². The van der Waals surface area contributed by atoms with Gasteiger partial charge in [-0.2, -0.15) is 8.78 Å². The normalized spacial score (nSPS) is 13.2. The minimum absolute atomic E-state index is 0.194. The molecule has 78 valence electrons. The molecule has 0 bridgehead atoms. The molecule has 0 heterocycles. The smallest absolute Gasteiger partial charge is 0.322 e. The van der Waals surface area contributed by atoms with E-state index in [2.05, 4.69) is 20.7 Å². The Morgan fingerprint density at radius 1 is 1.36 bits per heavy atom. The van der Waals surface area contributed by atoms with Gasteiger partial charge in [-0.25, -0.2) is 0 Å². The number of hydrogen-bond acceptors (Lipinski definition) is 2. The first-order valence-corrected chi connectivity index (χ1v) is 4.80. The summed E-state index contributed by atoms with van der Waals surface area (Å²) >= 11 is 3.28. The fourth-order valence-corrected chi connectivity index (χ4v) is 1.62. The van der Waals surface area contributed by atoms with Gasteiger partial charge in [0, 0.05) is 4.47 Å². The molecule has 1 aromatic carbocycles. The van der Waals surface area contributed by atoms with Gasteiger partial charge in [0.25, 0.3) is 0 Å². The third-order valence-corrected chi connectivity index (χ3v) is 2.43. The maximum absolute atomic E-state index is 11.7. The van der Waals surface area contributed by atoms with Crippen LogP contribution >= 0.6 is 15.9 Å². The second kappa shape index (κ2) is 5.38. The van der Waals surface area contributed by atoms with Gasteiger partial charge in [-0.05, 0) is 11.6 Å². The molecule has 0 saturated carbocycles. The van der Waals surface area contributed by atoms with Gasteiger partial charge in [0.2, 0.25) is 0 Å². The predicted molar refractivity (Wildman–Crippen MR) is 53.0 cm³/mol. The summed E-state index contributed by atoms with van der Waals surface area (Å²) in [6.45, 7) is -2.97. The fourth-order valence-electron chi connectivity index (χ4n) is 1.04. The van der Waals surface area contributed by atoms with Crippen molar-refractivity contribution in [2.45, 2.75) is 12.7 Å². The Balaban J connectivity index is 2.60. The Bertz CT molecular complexity index is 296. The van der Waals surface area contributed by atoms with E-state index in [4.69, 9.17) is 5.73 Å². The molecular weight excluding hydrogens is 256 g/mol. The van der Waals surface area contributed by atoms with Gasteiger partial charge in [0.1, 0.15) is 0 Å². The van der Waals surface area contributed by atoms with Crippen LogP contribution in [-0.2, 0) is 4.74 Å². The highest BCUT2D eigenvalue weighted by Crippen LogP contribution is 2.21. The summed E-state index contributed by atoms with van der Waals surface area (Å²) in [6.07, 6.45) is 0. The zero-order valence-corrected chi connectivity index (χ0v) is 8.88. The Morgan fingerprint density at radius 2 is 2.00 bits per heavy atom. The SMILES string of the molecule is NC(COC(F)F)c1ccccc1Br. The van der Waals surface area contributed by atoms with E-state index in [9.17, 15) is 8.78 Å². The van der Waals surface area contributed by atoms with Gasteiger partial charge in [0.15, 0.2) is 0 Å². The van der Waals surface area contributed by atoms with Crippen molar-refractivity contribution < 1.29 is 13.5 Å². The van der Waals surface area contributed by atoms with Gasteiger partial charge in [-0.3, -0.25) is 0 Å². The number of rotatable bonds is 4. The van der Waals surface area contributed by atoms with Crippen molar-refractivity contribution >= 4 is 15.9 Å². The monoisotopic (exact) mass is 265 g/mol. The molecule has 0 amide bonds. The standard InChI is InChI=1S/C9H10BrF2NO/c10-7-4-2-1-3-6(7)8(13)5-14-9(11)12/h1-4,8-9H,5,13H2. The number of nitrogens with two attached hydrogens (primary N) is 1. The summed E-state index contributed by atoms with van der Waals surface area (Å²) < 4.78 is 28.4. The molecule has 0 spiro atoms. The average molecular weight is 266 g/mol. The minimum atomic E-state index is -2.77. The van der Waals surface area contributed by atoms with Gasteiger partial charge >= 0.3 is 6.61 Å². The number of benzene rings is 1. The van der Waals surface area contributed by atoms with Crippen molar-refractivity contribution in [3.8, 4) is 0 Å². The average Bonchev–Trinajstić information content (AvgIpc) is 2.15. The lowest BCUT2D eigenvalue weighted by molar-refractivity contribution is -0.132. The third-order valence-electron chi connectivity index (χ3n) is 1.71. The molecule has 1 rings (SSSR count). The molecule has 2 nitrogen and oxygen atoms in total. The molecule has 0 aromatic heterocycles. The van der Waals surface area contributed by atoms with Crippen LogP contribution in [0.15, 0.2) is 28.7 Å². The van der Waals surface area contributed by atoms with Crippen LogP contribution in [0, 0.1) is 0 Å².